The summed E-state index contributed by atoms with van der Waals surface area (Å²) in [6.07, 6.45) is 3.79. The zero-order chi connectivity index (χ0) is 14.6. The second-order valence-electron chi connectivity index (χ2n) is 7.30. The van der Waals surface area contributed by atoms with Gasteiger partial charge in [0.15, 0.2) is 0 Å². The van der Waals surface area contributed by atoms with Crippen molar-refractivity contribution in [2.75, 3.05) is 0 Å². The van der Waals surface area contributed by atoms with Gasteiger partial charge in [-0.25, -0.2) is 0 Å². The van der Waals surface area contributed by atoms with Crippen LogP contribution in [-0.2, 0) is 23.8 Å². The Kier molecular flexibility index (Phi) is 2.11. The maximum Gasteiger partial charge on any atom is 0.320 e. The molecular weight excluding hydrogens is 272 g/mol. The van der Waals surface area contributed by atoms with Crippen molar-refractivity contribution in [2.24, 2.45) is 23.7 Å². The number of carbonyl (C=O) groups is 2. The number of hydrogen-bond donors (Lipinski definition) is 0. The average Bonchev–Trinajstić information content (AvgIpc) is 3.23. The Labute approximate surface area is 123 Å². The summed E-state index contributed by atoms with van der Waals surface area (Å²) in [6.45, 7) is 4.22. The minimum atomic E-state index is -0.536. The molecule has 8 unspecified atom stereocenters. The molecule has 21 heavy (non-hydrogen) atoms. The summed E-state index contributed by atoms with van der Waals surface area (Å²) in [5.41, 5.74) is -0.681. The van der Waals surface area contributed by atoms with Crippen LogP contribution in [0.1, 0.15) is 39.5 Å². The molecule has 5 fully saturated rings. The fraction of sp³-hybridized carbons (Fsp3) is 0.875. The predicted octanol–water partition coefficient (Wildman–Crippen LogP) is 1.44. The SMILES string of the molecule is CCC12CCC(O1)C1C2C2OC1(CC)C1C(=O)OC(=O)C21. The van der Waals surface area contributed by atoms with E-state index in [-0.39, 0.29) is 41.6 Å². The van der Waals surface area contributed by atoms with E-state index in [9.17, 15) is 9.59 Å². The molecule has 0 spiro atoms. The van der Waals surface area contributed by atoms with Gasteiger partial charge in [-0.2, -0.15) is 0 Å². The van der Waals surface area contributed by atoms with Crippen LogP contribution in [0, 0.1) is 23.7 Å². The molecule has 5 saturated heterocycles. The highest BCUT2D eigenvalue weighted by atomic mass is 16.6. The van der Waals surface area contributed by atoms with E-state index < -0.39 is 17.4 Å². The van der Waals surface area contributed by atoms with Crippen molar-refractivity contribution < 1.29 is 23.8 Å². The lowest BCUT2D eigenvalue weighted by molar-refractivity contribution is -0.162. The van der Waals surface area contributed by atoms with E-state index in [0.29, 0.717) is 0 Å². The van der Waals surface area contributed by atoms with Gasteiger partial charge in [-0.15, -0.1) is 0 Å². The molecule has 5 aliphatic rings. The highest BCUT2D eigenvalue weighted by Gasteiger charge is 2.82. The van der Waals surface area contributed by atoms with Gasteiger partial charge in [-0.3, -0.25) is 9.59 Å². The maximum atomic E-state index is 12.2. The van der Waals surface area contributed by atoms with Gasteiger partial charge in [0, 0.05) is 11.8 Å². The zero-order valence-electron chi connectivity index (χ0n) is 12.3. The molecule has 0 N–H and O–H groups in total. The van der Waals surface area contributed by atoms with Crippen LogP contribution in [0.15, 0.2) is 0 Å². The second kappa shape index (κ2) is 3.51. The van der Waals surface area contributed by atoms with Gasteiger partial charge in [0.05, 0.1) is 23.4 Å². The molecule has 114 valence electrons. The quantitative estimate of drug-likeness (QED) is 0.569. The molecule has 5 rings (SSSR count). The van der Waals surface area contributed by atoms with Gasteiger partial charge < -0.3 is 14.2 Å². The predicted molar refractivity (Wildman–Crippen MR) is 70.1 cm³/mol. The molecule has 5 heteroatoms. The molecule has 8 atom stereocenters. The summed E-state index contributed by atoms with van der Waals surface area (Å²) in [5.74, 6) is -1.05. The first kappa shape index (κ1) is 12.6. The van der Waals surface area contributed by atoms with Crippen molar-refractivity contribution in [3.05, 3.63) is 0 Å². The summed E-state index contributed by atoms with van der Waals surface area (Å²) in [6, 6.07) is 0. The highest BCUT2D eigenvalue weighted by Crippen LogP contribution is 2.71. The third-order valence-electron chi connectivity index (χ3n) is 7.02. The molecule has 0 aliphatic carbocycles. The first-order valence-electron chi connectivity index (χ1n) is 8.19. The van der Waals surface area contributed by atoms with Crippen LogP contribution >= 0.6 is 0 Å². The van der Waals surface area contributed by atoms with E-state index >= 15 is 0 Å². The van der Waals surface area contributed by atoms with E-state index in [1.807, 2.05) is 0 Å². The molecule has 5 nitrogen and oxygen atoms in total. The van der Waals surface area contributed by atoms with Crippen LogP contribution in [0.5, 0.6) is 0 Å². The van der Waals surface area contributed by atoms with Crippen molar-refractivity contribution in [2.45, 2.75) is 62.9 Å². The van der Waals surface area contributed by atoms with E-state index in [2.05, 4.69) is 13.8 Å². The summed E-state index contributed by atoms with van der Waals surface area (Å²) in [5, 5.41) is 0. The number of esters is 2. The minimum absolute atomic E-state index is 0.145. The third-order valence-corrected chi connectivity index (χ3v) is 7.02. The van der Waals surface area contributed by atoms with Crippen LogP contribution in [0.2, 0.25) is 0 Å². The lowest BCUT2D eigenvalue weighted by atomic mass is 9.54. The van der Waals surface area contributed by atoms with Crippen molar-refractivity contribution >= 4 is 11.9 Å². The van der Waals surface area contributed by atoms with Gasteiger partial charge in [0.25, 0.3) is 0 Å². The Hall–Kier alpha value is -0.940. The Bertz CT molecular complexity index is 559. The number of hydrogen-bond acceptors (Lipinski definition) is 5. The molecule has 0 aromatic carbocycles. The van der Waals surface area contributed by atoms with E-state index in [1.54, 1.807) is 0 Å². The third kappa shape index (κ3) is 1.10. The Morgan fingerprint density at radius 3 is 2.62 bits per heavy atom. The van der Waals surface area contributed by atoms with Crippen LogP contribution < -0.4 is 0 Å². The molecule has 0 radical (unpaired) electrons. The number of fused-ring (bicyclic) bond motifs is 12. The van der Waals surface area contributed by atoms with Crippen molar-refractivity contribution in [3.63, 3.8) is 0 Å². The number of carbonyl (C=O) groups excluding carboxylic acids is 2. The van der Waals surface area contributed by atoms with Crippen LogP contribution in [-0.4, -0.2) is 35.3 Å². The summed E-state index contributed by atoms with van der Waals surface area (Å²) in [7, 11) is 0. The minimum Gasteiger partial charge on any atom is -0.393 e. The van der Waals surface area contributed by atoms with Crippen LogP contribution in [0.4, 0.5) is 0 Å². The fourth-order valence-corrected chi connectivity index (χ4v) is 6.34. The molecule has 0 aromatic heterocycles. The lowest BCUT2D eigenvalue weighted by Gasteiger charge is -2.42. The van der Waals surface area contributed by atoms with Crippen LogP contribution in [0.3, 0.4) is 0 Å². The van der Waals surface area contributed by atoms with Gasteiger partial charge >= 0.3 is 11.9 Å². The first-order valence-corrected chi connectivity index (χ1v) is 8.19. The lowest BCUT2D eigenvalue weighted by Crippen LogP contribution is -2.55. The summed E-state index contributed by atoms with van der Waals surface area (Å²) < 4.78 is 17.7. The number of cyclic esters (lactones) is 2. The molecule has 5 aliphatic heterocycles. The topological polar surface area (TPSA) is 61.8 Å². The number of rotatable bonds is 2. The van der Waals surface area contributed by atoms with Gasteiger partial charge in [0.2, 0.25) is 0 Å². The highest BCUT2D eigenvalue weighted by molar-refractivity contribution is 5.98. The molecule has 5 heterocycles. The molecule has 0 amide bonds. The van der Waals surface area contributed by atoms with Gasteiger partial charge in [-0.05, 0) is 25.7 Å². The summed E-state index contributed by atoms with van der Waals surface area (Å²) in [4.78, 5) is 24.3. The van der Waals surface area contributed by atoms with Crippen molar-refractivity contribution in [1.82, 2.24) is 0 Å². The van der Waals surface area contributed by atoms with Gasteiger partial charge in [0.1, 0.15) is 11.8 Å². The van der Waals surface area contributed by atoms with E-state index in [1.165, 1.54) is 0 Å². The Morgan fingerprint density at radius 2 is 1.90 bits per heavy atom. The van der Waals surface area contributed by atoms with E-state index in [4.69, 9.17) is 14.2 Å². The molecule has 0 saturated carbocycles. The zero-order valence-corrected chi connectivity index (χ0v) is 12.3. The normalized spacial score (nSPS) is 59.5. The van der Waals surface area contributed by atoms with Crippen molar-refractivity contribution in [1.29, 1.82) is 0 Å². The summed E-state index contributed by atoms with van der Waals surface area (Å²) >= 11 is 0. The van der Waals surface area contributed by atoms with E-state index in [0.717, 1.165) is 25.7 Å². The molecular formula is C16H20O5. The Morgan fingerprint density at radius 1 is 1.10 bits per heavy atom. The molecule has 0 aromatic rings. The largest absolute Gasteiger partial charge is 0.393 e. The fourth-order valence-electron chi connectivity index (χ4n) is 6.34. The van der Waals surface area contributed by atoms with Crippen molar-refractivity contribution in [3.8, 4) is 0 Å². The van der Waals surface area contributed by atoms with Gasteiger partial charge in [-0.1, -0.05) is 13.8 Å². The number of ether oxygens (including phenoxy) is 3. The molecule has 4 bridgehead atoms. The first-order chi connectivity index (χ1) is 10.1. The Balaban J connectivity index is 1.68. The monoisotopic (exact) mass is 292 g/mol. The smallest absolute Gasteiger partial charge is 0.320 e. The van der Waals surface area contributed by atoms with Crippen LogP contribution in [0.25, 0.3) is 0 Å². The second-order valence-corrected chi connectivity index (χ2v) is 7.30. The average molecular weight is 292 g/mol. The maximum absolute atomic E-state index is 12.2. The standard InChI is InChI=1S/C16H20O5/c1-3-15-6-5-7(20-15)9-11(15)12-8-10(14(18)19-13(8)17)16(9,4-2)21-12/h7-12H,3-6H2,1-2H3.